The Hall–Kier alpha value is -1.67. The molecule has 17 heavy (non-hydrogen) atoms. The summed E-state index contributed by atoms with van der Waals surface area (Å²) < 4.78 is 1.88. The number of nitrogens with zero attached hydrogens (tertiary/aromatic N) is 1. The van der Waals surface area contributed by atoms with Crippen molar-refractivity contribution in [3.8, 4) is 0 Å². The van der Waals surface area contributed by atoms with E-state index in [4.69, 9.17) is 11.6 Å². The van der Waals surface area contributed by atoms with Gasteiger partial charge in [-0.25, -0.2) is 0 Å². The third-order valence-corrected chi connectivity index (χ3v) is 2.86. The highest BCUT2D eigenvalue weighted by atomic mass is 35.5. The van der Waals surface area contributed by atoms with E-state index in [1.165, 1.54) is 0 Å². The van der Waals surface area contributed by atoms with E-state index in [-0.39, 0.29) is 5.78 Å². The van der Waals surface area contributed by atoms with Gasteiger partial charge in [0.05, 0.1) is 0 Å². The number of hydrogen-bond acceptors (Lipinski definition) is 1. The Kier molecular flexibility index (Phi) is 3.89. The molecular weight excluding hydrogens is 234 g/mol. The maximum Gasteiger partial charge on any atom is 0.227 e. The second kappa shape index (κ2) is 5.60. The molecule has 0 bridgehead atoms. The predicted molar refractivity (Wildman–Crippen MR) is 67.0 cm³/mol. The summed E-state index contributed by atoms with van der Waals surface area (Å²) in [6.07, 6.45) is 1.87. The lowest BCUT2D eigenvalue weighted by molar-refractivity contribution is -0.689. The van der Waals surface area contributed by atoms with Crippen molar-refractivity contribution >= 4 is 17.4 Å². The second-order valence-corrected chi connectivity index (χ2v) is 4.01. The lowest BCUT2D eigenvalue weighted by atomic mass is 10.1. The zero-order valence-corrected chi connectivity index (χ0v) is 10.1. The molecule has 1 aromatic heterocycles. The fourth-order valence-corrected chi connectivity index (χ4v) is 1.90. The molecule has 1 heterocycles. The van der Waals surface area contributed by atoms with Crippen LogP contribution in [0.25, 0.3) is 0 Å². The number of carbonyl (C=O) groups excluding carboxylic acids is 1. The third kappa shape index (κ3) is 2.92. The molecule has 2 aromatic rings. The van der Waals surface area contributed by atoms with E-state index < -0.39 is 0 Å². The maximum absolute atomic E-state index is 12.0. The lowest BCUT2D eigenvalue weighted by Gasteiger charge is -2.01. The normalized spacial score (nSPS) is 10.2. The van der Waals surface area contributed by atoms with Crippen LogP contribution >= 0.6 is 11.6 Å². The Bertz CT molecular complexity index is 511. The molecule has 0 amide bonds. The van der Waals surface area contributed by atoms with Gasteiger partial charge in [-0.2, -0.15) is 4.57 Å². The largest absolute Gasteiger partial charge is 0.287 e. The van der Waals surface area contributed by atoms with Crippen molar-refractivity contribution < 1.29 is 9.36 Å². The fraction of sp³-hybridized carbons (Fsp3) is 0.143. The summed E-state index contributed by atoms with van der Waals surface area (Å²) in [5, 5.41) is 0. The molecule has 0 spiro atoms. The van der Waals surface area contributed by atoms with Crippen molar-refractivity contribution in [3.63, 3.8) is 0 Å². The highest BCUT2D eigenvalue weighted by molar-refractivity contribution is 6.16. The molecular formula is C14H13ClNO+. The Morgan fingerprint density at radius 2 is 1.76 bits per heavy atom. The fourth-order valence-electron chi connectivity index (χ4n) is 1.66. The van der Waals surface area contributed by atoms with Gasteiger partial charge in [0.25, 0.3) is 0 Å². The van der Waals surface area contributed by atoms with Crippen molar-refractivity contribution in [2.24, 2.45) is 0 Å². The molecule has 0 fully saturated rings. The first-order valence-corrected chi connectivity index (χ1v) is 5.96. The average molecular weight is 247 g/mol. The number of hydrogen-bond donors (Lipinski definition) is 0. The molecule has 86 valence electrons. The standard InChI is InChI=1S/C14H13ClNO/c15-10-13-8-4-5-9-16(13)11-14(17)12-6-2-1-3-7-12/h1-9H,10-11H2/q+1. The minimum Gasteiger partial charge on any atom is -0.287 e. The summed E-state index contributed by atoms with van der Waals surface area (Å²) in [7, 11) is 0. The number of carbonyl (C=O) groups is 1. The molecule has 0 aliphatic carbocycles. The minimum atomic E-state index is 0.0909. The molecule has 0 N–H and O–H groups in total. The van der Waals surface area contributed by atoms with Gasteiger partial charge in [-0.15, -0.1) is 11.6 Å². The van der Waals surface area contributed by atoms with Crippen LogP contribution in [-0.4, -0.2) is 5.78 Å². The first kappa shape index (κ1) is 11.8. The van der Waals surface area contributed by atoms with Gasteiger partial charge in [0.15, 0.2) is 11.9 Å². The highest BCUT2D eigenvalue weighted by Gasteiger charge is 2.14. The Labute approximate surface area is 105 Å². The maximum atomic E-state index is 12.0. The van der Waals surface area contributed by atoms with Crippen molar-refractivity contribution in [2.45, 2.75) is 12.4 Å². The molecule has 1 aromatic carbocycles. The number of Topliss-reactive ketones (excluding diaryl/α,β-unsaturated/α-hetero) is 1. The third-order valence-electron chi connectivity index (χ3n) is 2.58. The van der Waals surface area contributed by atoms with Crippen molar-refractivity contribution in [1.29, 1.82) is 0 Å². The second-order valence-electron chi connectivity index (χ2n) is 3.74. The van der Waals surface area contributed by atoms with Gasteiger partial charge in [-0.3, -0.25) is 4.79 Å². The number of pyridine rings is 1. The quantitative estimate of drug-likeness (QED) is 0.462. The first-order chi connectivity index (χ1) is 8.31. The minimum absolute atomic E-state index is 0.0909. The zero-order chi connectivity index (χ0) is 12.1. The average Bonchev–Trinajstić information content (AvgIpc) is 2.40. The van der Waals surface area contributed by atoms with Crippen LogP contribution in [0.3, 0.4) is 0 Å². The van der Waals surface area contributed by atoms with Crippen LogP contribution < -0.4 is 4.57 Å². The zero-order valence-electron chi connectivity index (χ0n) is 9.34. The van der Waals surface area contributed by atoms with E-state index in [9.17, 15) is 4.79 Å². The number of alkyl halides is 1. The number of ketones is 1. The van der Waals surface area contributed by atoms with E-state index in [0.717, 1.165) is 11.3 Å². The predicted octanol–water partition coefficient (Wildman–Crippen LogP) is 2.60. The Morgan fingerprint density at radius 3 is 2.47 bits per heavy atom. The SMILES string of the molecule is O=C(C[n+]1ccccc1CCl)c1ccccc1. The van der Waals surface area contributed by atoms with Crippen LogP contribution in [0.15, 0.2) is 54.7 Å². The molecule has 0 atom stereocenters. The first-order valence-electron chi connectivity index (χ1n) is 5.43. The summed E-state index contributed by atoms with van der Waals surface area (Å²) in [5.41, 5.74) is 1.67. The molecule has 0 saturated heterocycles. The summed E-state index contributed by atoms with van der Waals surface area (Å²) in [6, 6.07) is 15.0. The van der Waals surface area contributed by atoms with Gasteiger partial charge in [0.2, 0.25) is 12.3 Å². The number of benzene rings is 1. The van der Waals surface area contributed by atoms with Crippen LogP contribution in [0.1, 0.15) is 16.1 Å². The van der Waals surface area contributed by atoms with Gasteiger partial charge in [0, 0.05) is 17.7 Å². The molecule has 0 aliphatic heterocycles. The van der Waals surface area contributed by atoms with Gasteiger partial charge in [0.1, 0.15) is 5.88 Å². The van der Waals surface area contributed by atoms with Crippen LogP contribution in [0.2, 0.25) is 0 Å². The number of aromatic nitrogens is 1. The van der Waals surface area contributed by atoms with Crippen LogP contribution in [-0.2, 0) is 12.4 Å². The van der Waals surface area contributed by atoms with E-state index in [2.05, 4.69) is 0 Å². The van der Waals surface area contributed by atoms with Gasteiger partial charge >= 0.3 is 0 Å². The number of halogens is 1. The number of rotatable bonds is 4. The van der Waals surface area contributed by atoms with E-state index >= 15 is 0 Å². The Morgan fingerprint density at radius 1 is 1.06 bits per heavy atom. The monoisotopic (exact) mass is 246 g/mol. The smallest absolute Gasteiger partial charge is 0.227 e. The Balaban J connectivity index is 2.19. The highest BCUT2D eigenvalue weighted by Crippen LogP contribution is 2.01. The van der Waals surface area contributed by atoms with Crippen LogP contribution in [0.4, 0.5) is 0 Å². The summed E-state index contributed by atoms with van der Waals surface area (Å²) in [4.78, 5) is 12.0. The van der Waals surface area contributed by atoms with Crippen molar-refractivity contribution in [3.05, 3.63) is 66.0 Å². The topological polar surface area (TPSA) is 20.9 Å². The summed E-state index contributed by atoms with van der Waals surface area (Å²) in [6.45, 7) is 0.326. The molecule has 0 radical (unpaired) electrons. The molecule has 0 unspecified atom stereocenters. The van der Waals surface area contributed by atoms with E-state index in [1.807, 2.05) is 59.3 Å². The van der Waals surface area contributed by atoms with E-state index in [0.29, 0.717) is 12.4 Å². The molecule has 0 saturated carbocycles. The molecule has 3 heteroatoms. The summed E-state index contributed by atoms with van der Waals surface area (Å²) in [5.74, 6) is 0.497. The van der Waals surface area contributed by atoms with Gasteiger partial charge in [-0.05, 0) is 0 Å². The molecule has 2 nitrogen and oxygen atoms in total. The molecule has 0 aliphatic rings. The van der Waals surface area contributed by atoms with Crippen LogP contribution in [0.5, 0.6) is 0 Å². The van der Waals surface area contributed by atoms with Crippen molar-refractivity contribution in [2.75, 3.05) is 0 Å². The van der Waals surface area contributed by atoms with Gasteiger partial charge in [-0.1, -0.05) is 36.4 Å². The van der Waals surface area contributed by atoms with Crippen molar-refractivity contribution in [1.82, 2.24) is 0 Å². The summed E-state index contributed by atoms with van der Waals surface area (Å²) >= 11 is 5.83. The van der Waals surface area contributed by atoms with Crippen LogP contribution in [0, 0.1) is 0 Å². The molecule has 2 rings (SSSR count). The van der Waals surface area contributed by atoms with E-state index in [1.54, 1.807) is 0 Å². The lowest BCUT2D eigenvalue weighted by Crippen LogP contribution is -2.41. The van der Waals surface area contributed by atoms with Gasteiger partial charge < -0.3 is 0 Å².